The van der Waals surface area contributed by atoms with Crippen molar-refractivity contribution in [3.8, 4) is 11.5 Å². The van der Waals surface area contributed by atoms with Gasteiger partial charge < -0.3 is 20.3 Å². The summed E-state index contributed by atoms with van der Waals surface area (Å²) in [5, 5.41) is 9.49. The molecule has 0 radical (unpaired) electrons. The van der Waals surface area contributed by atoms with Gasteiger partial charge >= 0.3 is 0 Å². The molecule has 2 atom stereocenters. The van der Waals surface area contributed by atoms with E-state index in [1.165, 1.54) is 0 Å². The van der Waals surface area contributed by atoms with Crippen molar-refractivity contribution in [3.63, 3.8) is 0 Å². The van der Waals surface area contributed by atoms with Crippen LogP contribution in [0.3, 0.4) is 0 Å². The van der Waals surface area contributed by atoms with Crippen LogP contribution in [0, 0.1) is 12.3 Å². The van der Waals surface area contributed by atoms with Crippen molar-refractivity contribution in [1.82, 2.24) is 0 Å². The average molecular weight is 267 g/mol. The first-order valence-electron chi connectivity index (χ1n) is 6.47. The largest absolute Gasteiger partial charge is 0.493 e. The van der Waals surface area contributed by atoms with Gasteiger partial charge in [0.25, 0.3) is 0 Å². The second-order valence-corrected chi connectivity index (χ2v) is 5.88. The van der Waals surface area contributed by atoms with Gasteiger partial charge in [0, 0.05) is 6.04 Å². The lowest BCUT2D eigenvalue weighted by atomic mass is 9.84. The molecule has 4 heteroatoms. The molecule has 0 bridgehead atoms. The Morgan fingerprint density at radius 1 is 1.26 bits per heavy atom. The number of aliphatic hydroxyl groups is 1. The highest BCUT2D eigenvalue weighted by molar-refractivity contribution is 5.42. The lowest BCUT2D eigenvalue weighted by molar-refractivity contribution is 0.0572. The van der Waals surface area contributed by atoms with Crippen molar-refractivity contribution in [2.75, 3.05) is 13.7 Å². The molecule has 1 rings (SSSR count). The minimum Gasteiger partial charge on any atom is -0.493 e. The number of rotatable bonds is 5. The minimum atomic E-state index is -0.461. The molecule has 4 nitrogen and oxygen atoms in total. The molecule has 1 aromatic rings. The van der Waals surface area contributed by atoms with E-state index in [1.807, 2.05) is 45.9 Å². The Balaban J connectivity index is 2.93. The standard InChI is InChI=1S/C15H25NO3/c1-10-6-7-11(12(8-10)18-5)19-13(9-17)14(16)15(2,3)4/h6-8,13-14,17H,9,16H2,1-5H3. The van der Waals surface area contributed by atoms with E-state index in [0.29, 0.717) is 11.5 Å². The van der Waals surface area contributed by atoms with Gasteiger partial charge in [0.1, 0.15) is 6.10 Å². The van der Waals surface area contributed by atoms with Crippen LogP contribution in [0.1, 0.15) is 26.3 Å². The molecular weight excluding hydrogens is 242 g/mol. The maximum atomic E-state index is 9.49. The number of benzene rings is 1. The zero-order valence-corrected chi connectivity index (χ0v) is 12.4. The quantitative estimate of drug-likeness (QED) is 0.857. The zero-order chi connectivity index (χ0) is 14.6. The molecule has 0 aliphatic carbocycles. The van der Waals surface area contributed by atoms with Gasteiger partial charge in [-0.15, -0.1) is 0 Å². The molecule has 2 unspecified atom stereocenters. The maximum absolute atomic E-state index is 9.49. The molecule has 0 heterocycles. The molecule has 108 valence electrons. The molecule has 19 heavy (non-hydrogen) atoms. The molecule has 0 fully saturated rings. The summed E-state index contributed by atoms with van der Waals surface area (Å²) in [5.74, 6) is 1.26. The van der Waals surface area contributed by atoms with E-state index < -0.39 is 6.10 Å². The lowest BCUT2D eigenvalue weighted by Crippen LogP contribution is -2.49. The van der Waals surface area contributed by atoms with Gasteiger partial charge in [-0.2, -0.15) is 0 Å². The second-order valence-electron chi connectivity index (χ2n) is 5.88. The van der Waals surface area contributed by atoms with E-state index in [9.17, 15) is 5.11 Å². The van der Waals surface area contributed by atoms with Crippen LogP contribution in [0.25, 0.3) is 0 Å². The fourth-order valence-corrected chi connectivity index (χ4v) is 1.82. The third-order valence-corrected chi connectivity index (χ3v) is 3.18. The van der Waals surface area contributed by atoms with Crippen LogP contribution in [-0.2, 0) is 0 Å². The van der Waals surface area contributed by atoms with Crippen LogP contribution in [-0.4, -0.2) is 31.0 Å². The van der Waals surface area contributed by atoms with Crippen LogP contribution < -0.4 is 15.2 Å². The summed E-state index contributed by atoms with van der Waals surface area (Å²) in [6.07, 6.45) is -0.461. The average Bonchev–Trinajstić information content (AvgIpc) is 2.35. The Kier molecular flexibility index (Phi) is 5.20. The minimum absolute atomic E-state index is 0.129. The Morgan fingerprint density at radius 2 is 1.89 bits per heavy atom. The lowest BCUT2D eigenvalue weighted by Gasteiger charge is -2.33. The van der Waals surface area contributed by atoms with E-state index in [-0.39, 0.29) is 18.1 Å². The van der Waals surface area contributed by atoms with E-state index in [4.69, 9.17) is 15.2 Å². The summed E-state index contributed by atoms with van der Waals surface area (Å²) < 4.78 is 11.1. The van der Waals surface area contributed by atoms with Gasteiger partial charge in [-0.1, -0.05) is 26.8 Å². The molecule has 0 aliphatic heterocycles. The first-order chi connectivity index (χ1) is 8.79. The molecule has 3 N–H and O–H groups in total. The van der Waals surface area contributed by atoms with Crippen LogP contribution in [0.5, 0.6) is 11.5 Å². The van der Waals surface area contributed by atoms with Crippen LogP contribution in [0.4, 0.5) is 0 Å². The summed E-state index contributed by atoms with van der Waals surface area (Å²) >= 11 is 0. The predicted molar refractivity (Wildman–Crippen MR) is 76.7 cm³/mol. The molecule has 1 aromatic carbocycles. The summed E-state index contributed by atoms with van der Waals surface area (Å²) in [6, 6.07) is 5.40. The van der Waals surface area contributed by atoms with Crippen LogP contribution in [0.2, 0.25) is 0 Å². The predicted octanol–water partition coefficient (Wildman–Crippen LogP) is 2.12. The molecular formula is C15H25NO3. The third kappa shape index (κ3) is 4.11. The van der Waals surface area contributed by atoms with E-state index in [0.717, 1.165) is 5.56 Å². The van der Waals surface area contributed by atoms with Gasteiger partial charge in [-0.3, -0.25) is 0 Å². The van der Waals surface area contributed by atoms with Crippen molar-refractivity contribution in [2.24, 2.45) is 11.1 Å². The van der Waals surface area contributed by atoms with Gasteiger partial charge in [-0.05, 0) is 30.0 Å². The molecule has 0 spiro atoms. The normalized spacial score (nSPS) is 14.9. The van der Waals surface area contributed by atoms with E-state index in [1.54, 1.807) is 7.11 Å². The Morgan fingerprint density at radius 3 is 2.37 bits per heavy atom. The number of aliphatic hydroxyl groups excluding tert-OH is 1. The van der Waals surface area contributed by atoms with E-state index in [2.05, 4.69) is 0 Å². The monoisotopic (exact) mass is 267 g/mol. The fourth-order valence-electron chi connectivity index (χ4n) is 1.82. The van der Waals surface area contributed by atoms with Gasteiger partial charge in [0.05, 0.1) is 13.7 Å². The topological polar surface area (TPSA) is 64.7 Å². The highest BCUT2D eigenvalue weighted by atomic mass is 16.5. The summed E-state index contributed by atoms with van der Waals surface area (Å²) in [6.45, 7) is 7.92. The summed E-state index contributed by atoms with van der Waals surface area (Å²) in [4.78, 5) is 0. The number of aryl methyl sites for hydroxylation is 1. The summed E-state index contributed by atoms with van der Waals surface area (Å²) in [5.41, 5.74) is 7.09. The molecule has 0 saturated carbocycles. The smallest absolute Gasteiger partial charge is 0.161 e. The van der Waals surface area contributed by atoms with Crippen molar-refractivity contribution in [2.45, 2.75) is 39.8 Å². The third-order valence-electron chi connectivity index (χ3n) is 3.18. The van der Waals surface area contributed by atoms with Gasteiger partial charge in [0.2, 0.25) is 0 Å². The number of hydrogen-bond acceptors (Lipinski definition) is 4. The summed E-state index contributed by atoms with van der Waals surface area (Å²) in [7, 11) is 1.60. The Bertz CT molecular complexity index is 412. The Labute approximate surface area is 115 Å². The fraction of sp³-hybridized carbons (Fsp3) is 0.600. The zero-order valence-electron chi connectivity index (χ0n) is 12.4. The Hall–Kier alpha value is -1.26. The number of methoxy groups -OCH3 is 1. The molecule has 0 aliphatic rings. The maximum Gasteiger partial charge on any atom is 0.161 e. The van der Waals surface area contributed by atoms with Gasteiger partial charge in [-0.25, -0.2) is 0 Å². The van der Waals surface area contributed by atoms with Gasteiger partial charge in [0.15, 0.2) is 11.5 Å². The van der Waals surface area contributed by atoms with Crippen molar-refractivity contribution in [1.29, 1.82) is 0 Å². The highest BCUT2D eigenvalue weighted by Gasteiger charge is 2.30. The first kappa shape index (κ1) is 15.8. The number of nitrogens with two attached hydrogens (primary N) is 1. The van der Waals surface area contributed by atoms with E-state index >= 15 is 0 Å². The van der Waals surface area contributed by atoms with Crippen LogP contribution in [0.15, 0.2) is 18.2 Å². The molecule has 0 saturated heterocycles. The van der Waals surface area contributed by atoms with Crippen molar-refractivity contribution < 1.29 is 14.6 Å². The van der Waals surface area contributed by atoms with Crippen molar-refractivity contribution in [3.05, 3.63) is 23.8 Å². The first-order valence-corrected chi connectivity index (χ1v) is 6.47. The second kappa shape index (κ2) is 6.26. The molecule has 0 amide bonds. The SMILES string of the molecule is COc1cc(C)ccc1OC(CO)C(N)C(C)(C)C. The van der Waals surface area contributed by atoms with Crippen molar-refractivity contribution >= 4 is 0 Å². The highest BCUT2D eigenvalue weighted by Crippen LogP contribution is 2.30. The number of ether oxygens (including phenoxy) is 2. The molecule has 0 aromatic heterocycles. The number of hydrogen-bond donors (Lipinski definition) is 2. The van der Waals surface area contributed by atoms with Crippen LogP contribution >= 0.6 is 0 Å².